The van der Waals surface area contributed by atoms with Crippen molar-refractivity contribution in [3.8, 4) is 29.6 Å². The number of aldehydes is 1. The molecule has 9 aromatic carbocycles. The molecule has 5 aromatic heterocycles. The number of hydrogen-bond donors (Lipinski definition) is 5. The SMILES string of the molecule is C.CCCC=O.CCCCN(Cc1ccc(-c2noc(=O)[nH]2)cc1)c1nc2ccccc2o1.CCCCN(Cc1ccc(C#N)cc1)c1nc2ccccc2o1.CCCCN(Cc1ccc(C(N)=NO)cc1)c1nc2ccccc2o1.CCCCNCc1ccc(C#N)cc1.CCN(C(C)C)C(C)C.Clc1nc2ccccc2o1.N#Cc1ccc(CN)cc1. The van der Waals surface area contributed by atoms with Gasteiger partial charge in [-0.1, -0.05) is 218 Å². The zero-order valence-electron chi connectivity index (χ0n) is 72.3. The Morgan fingerprint density at radius 1 is 0.508 bits per heavy atom. The number of hydrogen-bond acceptors (Lipinski definition) is 23. The maximum Gasteiger partial charge on any atom is 0.439 e. The molecule has 14 rings (SSSR count). The number of anilines is 3. The average Bonchev–Trinajstić information content (AvgIpc) is 1.58. The second-order valence-electron chi connectivity index (χ2n) is 29.1. The number of amidine groups is 1. The molecule has 0 amide bonds. The molecule has 0 aliphatic rings. The van der Waals surface area contributed by atoms with Crippen LogP contribution < -0.4 is 37.2 Å². The topological polar surface area (TPSA) is 361 Å². The quantitative estimate of drug-likeness (QED) is 0.00673. The molecule has 0 unspecified atom stereocenters. The standard InChI is InChI=1S/C20H20N4O3.C19H22N4O2.C19H19N3O.C12H16N2.C8H8N2.C8H19N.C7H4ClNO.C4H8O.CH4/c1-2-3-12-24(19-21-16-6-4-5-7-17(16)26-19)13-14-8-10-15(11-9-14)18-22-20(25)27-23-18;1-2-3-12-23(19-21-16-6-4-5-7-17(16)25-19)13-14-8-10-15(11-9-14)18(20)22-24;1-2-3-12-22(14-16-10-8-15(13-20)9-11-16)19-21-17-6-4-5-7-18(17)23-19;1-2-3-8-14-10-12-6-4-11(9-13)5-7-12;9-5-7-1-2-8(6-10)4-3-7;1-6-9(7(2)3)8(4)5;8-7-9-5-3-1-2-4-6(5)10-7;1-2-3-4-5;/h4-11H,2-3,12-13H2,1H3,(H,22,23,25);4-11,24H,2-3,12-13H2,1H3,(H2,20,22);4-11H,2-3,12,14H2,1H3;4-7,14H,2-3,8,10H2,1H3;1-4H,5,9H2;7-8H,6H2,1-5H3;1-4H;4H,2-3H2,1H3;1H4. The van der Waals surface area contributed by atoms with E-state index in [0.717, 1.165) is 175 Å². The highest BCUT2D eigenvalue weighted by molar-refractivity contribution is 6.28. The number of oxazole rings is 4. The molecule has 7 N–H and O–H groups in total. The molecule has 26 heteroatoms. The van der Waals surface area contributed by atoms with E-state index < -0.39 is 5.76 Å². The fraction of sp³-hybridized carbons (Fsp3) is 0.337. The smallest absolute Gasteiger partial charge is 0.428 e. The number of aromatic amines is 1. The summed E-state index contributed by atoms with van der Waals surface area (Å²) in [6, 6.07) is 78.5. The molecular formula is C98H120ClN17O8. The predicted molar refractivity (Wildman–Crippen MR) is 499 cm³/mol. The number of nitrogens with two attached hydrogens (primary N) is 2. The summed E-state index contributed by atoms with van der Waals surface area (Å²) in [4.78, 5) is 49.7. The number of aromatic nitrogens is 6. The number of carbonyl (C=O) groups is 1. The third-order valence-electron chi connectivity index (χ3n) is 19.0. The van der Waals surface area contributed by atoms with Gasteiger partial charge in [0, 0.05) is 82.0 Å². The summed E-state index contributed by atoms with van der Waals surface area (Å²) in [7, 11) is 0. The van der Waals surface area contributed by atoms with E-state index in [4.69, 9.17) is 61.7 Å². The van der Waals surface area contributed by atoms with Gasteiger partial charge in [0.15, 0.2) is 34.0 Å². The molecule has 0 aliphatic heterocycles. The third-order valence-corrected chi connectivity index (χ3v) is 19.2. The first-order chi connectivity index (χ1) is 59.8. The summed E-state index contributed by atoms with van der Waals surface area (Å²) in [5.74, 6) is -0.0301. The van der Waals surface area contributed by atoms with Crippen molar-refractivity contribution < 1.29 is 32.2 Å². The van der Waals surface area contributed by atoms with Gasteiger partial charge in [-0.05, 0) is 197 Å². The van der Waals surface area contributed by atoms with Crippen molar-refractivity contribution in [2.45, 2.75) is 186 Å². The Kier molecular flexibility index (Phi) is 44.7. The second kappa shape index (κ2) is 55.7. The molecule has 0 saturated heterocycles. The molecule has 14 aromatic rings. The minimum Gasteiger partial charge on any atom is -0.428 e. The van der Waals surface area contributed by atoms with Crippen LogP contribution in [0, 0.1) is 34.0 Å². The van der Waals surface area contributed by atoms with Crippen LogP contribution >= 0.6 is 11.6 Å². The summed E-state index contributed by atoms with van der Waals surface area (Å²) in [6.07, 6.45) is 11.5. The fourth-order valence-corrected chi connectivity index (χ4v) is 12.5. The van der Waals surface area contributed by atoms with Crippen LogP contribution in [0.5, 0.6) is 0 Å². The number of rotatable bonds is 31. The van der Waals surface area contributed by atoms with Crippen molar-refractivity contribution in [2.24, 2.45) is 16.6 Å². The zero-order chi connectivity index (χ0) is 88.5. The Labute approximate surface area is 734 Å². The molecule has 0 saturated carbocycles. The van der Waals surface area contributed by atoms with Crippen LogP contribution in [0.1, 0.15) is 191 Å². The van der Waals surface area contributed by atoms with Crippen LogP contribution in [0.25, 0.3) is 55.8 Å². The first kappa shape index (κ1) is 99.6. The lowest BCUT2D eigenvalue weighted by Crippen LogP contribution is -2.36. The van der Waals surface area contributed by atoms with E-state index in [1.807, 2.05) is 219 Å². The van der Waals surface area contributed by atoms with E-state index in [1.54, 1.807) is 12.1 Å². The second-order valence-corrected chi connectivity index (χ2v) is 29.4. The summed E-state index contributed by atoms with van der Waals surface area (Å²) in [6.45, 7) is 30.2. The summed E-state index contributed by atoms with van der Waals surface area (Å²) in [5, 5.41) is 45.0. The van der Waals surface area contributed by atoms with Crippen LogP contribution in [-0.2, 0) is 37.5 Å². The summed E-state index contributed by atoms with van der Waals surface area (Å²) in [5.41, 5.74) is 26.7. The first-order valence-corrected chi connectivity index (χ1v) is 42.3. The number of unbranched alkanes of at least 4 members (excludes halogenated alkanes) is 5. The number of nitrogens with zero attached hydrogens (tertiary/aromatic N) is 13. The van der Waals surface area contributed by atoms with Gasteiger partial charge in [-0.2, -0.15) is 35.7 Å². The van der Waals surface area contributed by atoms with E-state index >= 15 is 0 Å². The van der Waals surface area contributed by atoms with Crippen molar-refractivity contribution >= 4 is 86.2 Å². The van der Waals surface area contributed by atoms with Gasteiger partial charge in [-0.3, -0.25) is 14.4 Å². The zero-order valence-corrected chi connectivity index (χ0v) is 73.1. The molecule has 0 bridgehead atoms. The Bertz CT molecular complexity index is 5420. The first-order valence-electron chi connectivity index (χ1n) is 42.0. The molecule has 652 valence electrons. The van der Waals surface area contributed by atoms with Crippen LogP contribution in [-0.4, -0.2) is 97.1 Å². The number of carbonyl (C=O) groups excluding carboxylic acids is 1. The molecule has 0 aliphatic carbocycles. The molecular weight excluding hydrogens is 1580 g/mol. The van der Waals surface area contributed by atoms with E-state index in [9.17, 15) is 9.59 Å². The number of nitriles is 3. The van der Waals surface area contributed by atoms with Crippen molar-refractivity contribution in [1.82, 2.24) is 40.3 Å². The summed E-state index contributed by atoms with van der Waals surface area (Å²) >= 11 is 5.51. The molecule has 0 fully saturated rings. The highest BCUT2D eigenvalue weighted by atomic mass is 35.5. The van der Waals surface area contributed by atoms with Gasteiger partial charge in [-0.15, -0.1) is 0 Å². The monoisotopic (exact) mass is 1700 g/mol. The molecule has 0 spiro atoms. The number of para-hydroxylation sites is 8. The van der Waals surface area contributed by atoms with Gasteiger partial charge in [-0.25, -0.2) is 4.79 Å². The third kappa shape index (κ3) is 33.7. The lowest BCUT2D eigenvalue weighted by molar-refractivity contribution is -0.107. The van der Waals surface area contributed by atoms with E-state index in [0.29, 0.717) is 78.7 Å². The number of oxime groups is 1. The normalized spacial score (nSPS) is 10.6. The number of H-pyrrole nitrogens is 1. The lowest BCUT2D eigenvalue weighted by atomic mass is 10.1. The molecule has 25 nitrogen and oxygen atoms in total. The van der Waals surface area contributed by atoms with Gasteiger partial charge in [0.2, 0.25) is 0 Å². The Morgan fingerprint density at radius 3 is 1.18 bits per heavy atom. The minimum atomic E-state index is -0.559. The number of nitrogens with one attached hydrogen (secondary N) is 2. The maximum atomic E-state index is 11.1. The maximum absolute atomic E-state index is 11.1. The van der Waals surface area contributed by atoms with Gasteiger partial charge in [0.25, 0.3) is 23.4 Å². The van der Waals surface area contributed by atoms with Gasteiger partial charge in [0.1, 0.15) is 28.4 Å². The van der Waals surface area contributed by atoms with Crippen molar-refractivity contribution in [3.63, 3.8) is 0 Å². The van der Waals surface area contributed by atoms with Gasteiger partial charge < -0.3 is 59.2 Å². The van der Waals surface area contributed by atoms with Crippen LogP contribution in [0.2, 0.25) is 5.35 Å². The highest BCUT2D eigenvalue weighted by Gasteiger charge is 2.19. The van der Waals surface area contributed by atoms with Gasteiger partial charge in [0.05, 0.1) is 34.9 Å². The molecule has 124 heavy (non-hydrogen) atoms. The van der Waals surface area contributed by atoms with Crippen molar-refractivity contribution in [2.75, 3.05) is 47.4 Å². The molecule has 0 radical (unpaired) electrons. The van der Waals surface area contributed by atoms with Gasteiger partial charge >= 0.3 is 5.76 Å². The average molecular weight is 1700 g/mol. The summed E-state index contributed by atoms with van der Waals surface area (Å²) < 4.78 is 27.4. The van der Waals surface area contributed by atoms with E-state index in [1.165, 1.54) is 18.4 Å². The van der Waals surface area contributed by atoms with E-state index in [-0.39, 0.29) is 18.6 Å². The van der Waals surface area contributed by atoms with E-state index in [2.05, 4.69) is 139 Å². The minimum absolute atomic E-state index is 0. The van der Waals surface area contributed by atoms with Crippen LogP contribution in [0.15, 0.2) is 251 Å². The largest absolute Gasteiger partial charge is 0.439 e. The predicted octanol–water partition coefficient (Wildman–Crippen LogP) is 21.9. The lowest BCUT2D eigenvalue weighted by Gasteiger charge is -2.28. The highest BCUT2D eigenvalue weighted by Crippen LogP contribution is 2.28. The van der Waals surface area contributed by atoms with Crippen molar-refractivity contribution in [3.05, 3.63) is 284 Å². The Morgan fingerprint density at radius 2 is 0.871 bits per heavy atom. The van der Waals surface area contributed by atoms with Crippen molar-refractivity contribution in [1.29, 1.82) is 15.8 Å². The Balaban J connectivity index is 0.000000229. The van der Waals surface area contributed by atoms with Crippen LogP contribution in [0.4, 0.5) is 18.0 Å². The van der Waals surface area contributed by atoms with Crippen LogP contribution in [0.3, 0.4) is 0 Å². The Hall–Kier alpha value is -13.2. The number of benzene rings is 9. The molecule has 5 heterocycles. The number of fused-ring (bicyclic) bond motifs is 4. The fourth-order valence-electron chi connectivity index (χ4n) is 12.3. The number of halogens is 1. The molecule has 0 atom stereocenters.